The second-order valence-corrected chi connectivity index (χ2v) is 4.68. The van der Waals surface area contributed by atoms with Crippen LogP contribution < -0.4 is 5.73 Å². The van der Waals surface area contributed by atoms with Crippen molar-refractivity contribution in [3.8, 4) is 0 Å². The van der Waals surface area contributed by atoms with E-state index in [4.69, 9.17) is 34.0 Å². The topological polar surface area (TPSA) is 46.2 Å². The smallest absolute Gasteiger partial charge is 0.0613 e. The third-order valence-electron chi connectivity index (χ3n) is 1.61. The molecule has 0 aliphatic rings. The Hall–Kier alpha value is -0.0900. The predicted octanol–water partition coefficient (Wildman–Crippen LogP) is 3.05. The highest BCUT2D eigenvalue weighted by Crippen LogP contribution is 2.33. The Kier molecular flexibility index (Phi) is 4.89. The summed E-state index contributed by atoms with van der Waals surface area (Å²) in [5.41, 5.74) is 6.37. The maximum atomic E-state index is 8.62. The van der Waals surface area contributed by atoms with Gasteiger partial charge in [-0.2, -0.15) is 0 Å². The molecule has 0 aliphatic carbocycles. The van der Waals surface area contributed by atoms with Crippen LogP contribution in [-0.4, -0.2) is 17.5 Å². The summed E-state index contributed by atoms with van der Waals surface area (Å²) in [7, 11) is 0. The van der Waals surface area contributed by atoms with Crippen LogP contribution in [-0.2, 0) is 0 Å². The first-order chi connectivity index (χ1) is 6.65. The maximum Gasteiger partial charge on any atom is 0.0613 e. The summed E-state index contributed by atoms with van der Waals surface area (Å²) in [5, 5.41) is 9.60. The zero-order valence-electron chi connectivity index (χ0n) is 7.46. The van der Waals surface area contributed by atoms with Crippen molar-refractivity contribution in [3.63, 3.8) is 0 Å². The molecule has 3 N–H and O–H groups in total. The Bertz CT molecular complexity index is 320. The molecule has 0 radical (unpaired) electrons. The summed E-state index contributed by atoms with van der Waals surface area (Å²) in [6.45, 7) is 0.189. The van der Waals surface area contributed by atoms with Gasteiger partial charge in [0.25, 0.3) is 0 Å². The Labute approximate surface area is 97.4 Å². The number of hydrogen-bond acceptors (Lipinski definition) is 3. The van der Waals surface area contributed by atoms with Gasteiger partial charge in [-0.15, -0.1) is 11.8 Å². The van der Waals surface area contributed by atoms with Crippen LogP contribution in [0.25, 0.3) is 0 Å². The number of anilines is 1. The number of thioether (sulfide) groups is 1. The number of aliphatic hydroxyl groups excluding tert-OH is 1. The van der Waals surface area contributed by atoms with Crippen molar-refractivity contribution in [3.05, 3.63) is 22.2 Å². The van der Waals surface area contributed by atoms with E-state index in [-0.39, 0.29) is 6.61 Å². The fourth-order valence-corrected chi connectivity index (χ4v) is 2.24. The third kappa shape index (κ3) is 3.24. The van der Waals surface area contributed by atoms with Gasteiger partial charge < -0.3 is 10.8 Å². The first-order valence-electron chi connectivity index (χ1n) is 4.13. The van der Waals surface area contributed by atoms with Crippen molar-refractivity contribution in [1.82, 2.24) is 0 Å². The first kappa shape index (κ1) is 12.0. The normalized spacial score (nSPS) is 10.5. The zero-order chi connectivity index (χ0) is 10.6. The highest BCUT2D eigenvalue weighted by Gasteiger charge is 2.05. The lowest BCUT2D eigenvalue weighted by Gasteiger charge is -2.06. The molecule has 0 fully saturated rings. The third-order valence-corrected chi connectivity index (χ3v) is 3.49. The van der Waals surface area contributed by atoms with Gasteiger partial charge in [-0.3, -0.25) is 0 Å². The Morgan fingerprint density at radius 3 is 2.57 bits per heavy atom. The maximum absolute atomic E-state index is 8.62. The molecule has 0 heterocycles. The molecule has 1 aromatic carbocycles. The van der Waals surface area contributed by atoms with Crippen LogP contribution >= 0.6 is 35.0 Å². The molecule has 14 heavy (non-hydrogen) atoms. The summed E-state index contributed by atoms with van der Waals surface area (Å²) in [4.78, 5) is 0.910. The molecule has 0 atom stereocenters. The molecule has 78 valence electrons. The Balaban J connectivity index is 2.72. The minimum absolute atomic E-state index is 0.189. The quantitative estimate of drug-likeness (QED) is 0.492. The van der Waals surface area contributed by atoms with Crippen molar-refractivity contribution in [2.45, 2.75) is 11.3 Å². The van der Waals surface area contributed by atoms with Crippen LogP contribution in [0, 0.1) is 0 Å². The standard InChI is InChI=1S/C9H11Cl2NOS/c10-6-4-8(12)9(5-7(6)11)14-3-1-2-13/h4-5,13H,1-3,12H2. The van der Waals surface area contributed by atoms with Crippen LogP contribution in [0.15, 0.2) is 17.0 Å². The van der Waals surface area contributed by atoms with Gasteiger partial charge >= 0.3 is 0 Å². The molecule has 0 amide bonds. The molecule has 5 heteroatoms. The van der Waals surface area contributed by atoms with E-state index in [1.807, 2.05) is 0 Å². The first-order valence-corrected chi connectivity index (χ1v) is 5.87. The average molecular weight is 252 g/mol. The van der Waals surface area contributed by atoms with Crippen molar-refractivity contribution in [2.24, 2.45) is 0 Å². The van der Waals surface area contributed by atoms with Crippen molar-refractivity contribution in [2.75, 3.05) is 18.1 Å². The van der Waals surface area contributed by atoms with Gasteiger partial charge in [0, 0.05) is 22.9 Å². The second-order valence-electron chi connectivity index (χ2n) is 2.73. The highest BCUT2D eigenvalue weighted by molar-refractivity contribution is 7.99. The molecule has 0 unspecified atom stereocenters. The summed E-state index contributed by atoms with van der Waals surface area (Å²) >= 11 is 13.2. The molecule has 1 aromatic rings. The lowest BCUT2D eigenvalue weighted by molar-refractivity contribution is 0.296. The fourth-order valence-electron chi connectivity index (χ4n) is 0.916. The minimum Gasteiger partial charge on any atom is -0.398 e. The van der Waals surface area contributed by atoms with Crippen LogP contribution in [0.4, 0.5) is 5.69 Å². The van der Waals surface area contributed by atoms with E-state index in [0.29, 0.717) is 15.7 Å². The molecule has 1 rings (SSSR count). The number of halogens is 2. The minimum atomic E-state index is 0.189. The van der Waals surface area contributed by atoms with Gasteiger partial charge in [0.1, 0.15) is 0 Å². The van der Waals surface area contributed by atoms with Gasteiger partial charge in [0.15, 0.2) is 0 Å². The molecular weight excluding hydrogens is 241 g/mol. The lowest BCUT2D eigenvalue weighted by atomic mass is 10.3. The van der Waals surface area contributed by atoms with Crippen LogP contribution in [0.5, 0.6) is 0 Å². The number of aliphatic hydroxyl groups is 1. The molecule has 2 nitrogen and oxygen atoms in total. The molecule has 0 bridgehead atoms. The number of nitrogen functional groups attached to an aromatic ring is 1. The van der Waals surface area contributed by atoms with E-state index in [1.165, 1.54) is 0 Å². The fraction of sp³-hybridized carbons (Fsp3) is 0.333. The average Bonchev–Trinajstić information content (AvgIpc) is 2.14. The predicted molar refractivity (Wildman–Crippen MR) is 63.3 cm³/mol. The Morgan fingerprint density at radius 1 is 1.29 bits per heavy atom. The number of nitrogens with two attached hydrogens (primary N) is 1. The summed E-state index contributed by atoms with van der Waals surface area (Å²) in [6, 6.07) is 3.40. The van der Waals surface area contributed by atoms with Crippen molar-refractivity contribution in [1.29, 1.82) is 0 Å². The molecule has 0 aromatic heterocycles. The lowest BCUT2D eigenvalue weighted by Crippen LogP contribution is -1.91. The Morgan fingerprint density at radius 2 is 1.93 bits per heavy atom. The van der Waals surface area contributed by atoms with Crippen molar-refractivity contribution >= 4 is 40.7 Å². The van der Waals surface area contributed by atoms with E-state index < -0.39 is 0 Å². The molecule has 0 saturated heterocycles. The number of benzene rings is 1. The monoisotopic (exact) mass is 251 g/mol. The van der Waals surface area contributed by atoms with E-state index in [2.05, 4.69) is 0 Å². The molecule has 0 saturated carbocycles. The molecule has 0 aliphatic heterocycles. The summed E-state index contributed by atoms with van der Waals surface area (Å²) in [5.74, 6) is 0.818. The van der Waals surface area contributed by atoms with Crippen molar-refractivity contribution < 1.29 is 5.11 Å². The van der Waals surface area contributed by atoms with Gasteiger partial charge in [0.2, 0.25) is 0 Å². The summed E-state index contributed by atoms with van der Waals surface area (Å²) in [6.07, 6.45) is 0.740. The zero-order valence-corrected chi connectivity index (χ0v) is 9.79. The van der Waals surface area contributed by atoms with E-state index in [0.717, 1.165) is 17.1 Å². The van der Waals surface area contributed by atoms with E-state index in [9.17, 15) is 0 Å². The number of hydrogen-bond donors (Lipinski definition) is 2. The highest BCUT2D eigenvalue weighted by atomic mass is 35.5. The second kappa shape index (κ2) is 5.71. The van der Waals surface area contributed by atoms with Gasteiger partial charge in [-0.25, -0.2) is 0 Å². The van der Waals surface area contributed by atoms with Crippen LogP contribution in [0.3, 0.4) is 0 Å². The molecule has 0 spiro atoms. The van der Waals surface area contributed by atoms with Gasteiger partial charge in [-0.1, -0.05) is 23.2 Å². The van der Waals surface area contributed by atoms with Crippen LogP contribution in [0.2, 0.25) is 10.0 Å². The largest absolute Gasteiger partial charge is 0.398 e. The SMILES string of the molecule is Nc1cc(Cl)c(Cl)cc1SCCCO. The number of rotatable bonds is 4. The molecular formula is C9H11Cl2NOS. The van der Waals surface area contributed by atoms with Gasteiger partial charge in [-0.05, 0) is 18.6 Å². The van der Waals surface area contributed by atoms with Gasteiger partial charge in [0.05, 0.1) is 10.0 Å². The van der Waals surface area contributed by atoms with E-state index >= 15 is 0 Å². The van der Waals surface area contributed by atoms with E-state index in [1.54, 1.807) is 23.9 Å². The summed E-state index contributed by atoms with van der Waals surface area (Å²) < 4.78 is 0. The van der Waals surface area contributed by atoms with Crippen LogP contribution in [0.1, 0.15) is 6.42 Å².